The van der Waals surface area contributed by atoms with Crippen LogP contribution in [0.15, 0.2) is 42.6 Å². The number of amides is 1. The van der Waals surface area contributed by atoms with Crippen molar-refractivity contribution in [3.8, 4) is 0 Å². The molecule has 0 bridgehead atoms. The second-order valence-electron chi connectivity index (χ2n) is 5.97. The van der Waals surface area contributed by atoms with Crippen molar-refractivity contribution in [3.63, 3.8) is 0 Å². The summed E-state index contributed by atoms with van der Waals surface area (Å²) in [4.78, 5) is 15.4. The zero-order valence-electron chi connectivity index (χ0n) is 13.3. The highest BCUT2D eigenvalue weighted by Gasteiger charge is 2.17. The number of hydrogen-bond donors (Lipinski definition) is 2. The molecule has 2 aromatic rings. The summed E-state index contributed by atoms with van der Waals surface area (Å²) in [6, 6.07) is 11.7. The molecule has 2 N–H and O–H groups in total. The SMILES string of the molecule is COC(=O)Nc1ccc(Nc2ccccc2C(C)(C)C)nc1. The molecule has 0 radical (unpaired) electrons. The van der Waals surface area contributed by atoms with Crippen LogP contribution in [-0.2, 0) is 10.2 Å². The van der Waals surface area contributed by atoms with Crippen LogP contribution in [0, 0.1) is 0 Å². The minimum atomic E-state index is -0.513. The number of para-hydroxylation sites is 1. The van der Waals surface area contributed by atoms with Crippen molar-refractivity contribution >= 4 is 23.3 Å². The fourth-order valence-electron chi connectivity index (χ4n) is 2.09. The Hall–Kier alpha value is -2.56. The van der Waals surface area contributed by atoms with Crippen LogP contribution < -0.4 is 10.6 Å². The van der Waals surface area contributed by atoms with Gasteiger partial charge in [-0.3, -0.25) is 5.32 Å². The normalized spacial score (nSPS) is 10.9. The summed E-state index contributed by atoms with van der Waals surface area (Å²) in [6.07, 6.45) is 1.07. The van der Waals surface area contributed by atoms with E-state index >= 15 is 0 Å². The number of rotatable bonds is 3. The van der Waals surface area contributed by atoms with Gasteiger partial charge in [0.05, 0.1) is 19.0 Å². The topological polar surface area (TPSA) is 63.2 Å². The number of nitrogens with zero attached hydrogens (tertiary/aromatic N) is 1. The van der Waals surface area contributed by atoms with Crippen molar-refractivity contribution in [1.29, 1.82) is 0 Å². The molecule has 116 valence electrons. The van der Waals surface area contributed by atoms with Crippen molar-refractivity contribution in [2.24, 2.45) is 0 Å². The lowest BCUT2D eigenvalue weighted by atomic mass is 9.86. The van der Waals surface area contributed by atoms with Crippen LogP contribution in [0.3, 0.4) is 0 Å². The van der Waals surface area contributed by atoms with Crippen molar-refractivity contribution in [1.82, 2.24) is 4.98 Å². The summed E-state index contributed by atoms with van der Waals surface area (Å²) in [5.74, 6) is 0.715. The minimum Gasteiger partial charge on any atom is -0.453 e. The molecule has 1 heterocycles. The Morgan fingerprint density at radius 1 is 1.14 bits per heavy atom. The fourth-order valence-corrected chi connectivity index (χ4v) is 2.09. The van der Waals surface area contributed by atoms with Crippen LogP contribution >= 0.6 is 0 Å². The molecule has 1 aromatic heterocycles. The van der Waals surface area contributed by atoms with Crippen molar-refractivity contribution < 1.29 is 9.53 Å². The Balaban J connectivity index is 2.17. The number of benzene rings is 1. The van der Waals surface area contributed by atoms with Crippen molar-refractivity contribution in [2.45, 2.75) is 26.2 Å². The Morgan fingerprint density at radius 3 is 2.45 bits per heavy atom. The Morgan fingerprint density at radius 2 is 1.86 bits per heavy atom. The number of hydrogen-bond acceptors (Lipinski definition) is 4. The third-order valence-corrected chi connectivity index (χ3v) is 3.19. The minimum absolute atomic E-state index is 0.0377. The molecule has 0 spiro atoms. The van der Waals surface area contributed by atoms with Gasteiger partial charge in [0.15, 0.2) is 0 Å². The van der Waals surface area contributed by atoms with E-state index in [0.29, 0.717) is 11.5 Å². The third-order valence-electron chi connectivity index (χ3n) is 3.19. The molecule has 5 nitrogen and oxygen atoms in total. The predicted molar refractivity (Wildman–Crippen MR) is 88.7 cm³/mol. The lowest BCUT2D eigenvalue weighted by molar-refractivity contribution is 0.187. The van der Waals surface area contributed by atoms with Gasteiger partial charge in [-0.2, -0.15) is 0 Å². The van der Waals surface area contributed by atoms with E-state index in [0.717, 1.165) is 5.69 Å². The van der Waals surface area contributed by atoms with E-state index in [1.54, 1.807) is 12.3 Å². The number of carbonyl (C=O) groups is 1. The summed E-state index contributed by atoms with van der Waals surface area (Å²) in [7, 11) is 1.32. The van der Waals surface area contributed by atoms with Gasteiger partial charge in [-0.1, -0.05) is 39.0 Å². The summed E-state index contributed by atoms with van der Waals surface area (Å²) in [5, 5.41) is 5.89. The van der Waals surface area contributed by atoms with Crippen LogP contribution in [0.1, 0.15) is 26.3 Å². The maximum Gasteiger partial charge on any atom is 0.411 e. The molecule has 0 saturated carbocycles. The predicted octanol–water partition coefficient (Wildman–Crippen LogP) is 4.30. The van der Waals surface area contributed by atoms with E-state index in [2.05, 4.69) is 47.2 Å². The molecule has 5 heteroatoms. The number of aromatic nitrogens is 1. The summed E-state index contributed by atoms with van der Waals surface area (Å²) < 4.78 is 4.54. The molecule has 0 unspecified atom stereocenters. The number of anilines is 3. The van der Waals surface area contributed by atoms with Gasteiger partial charge in [-0.15, -0.1) is 0 Å². The lowest BCUT2D eigenvalue weighted by Crippen LogP contribution is -2.14. The van der Waals surface area contributed by atoms with Crippen LogP contribution in [0.2, 0.25) is 0 Å². The van der Waals surface area contributed by atoms with Gasteiger partial charge < -0.3 is 10.1 Å². The standard InChI is InChI=1S/C17H21N3O2/c1-17(2,3)13-7-5-6-8-14(13)20-15-10-9-12(11-18-15)19-16(21)22-4/h5-11H,1-4H3,(H,18,20)(H,19,21). The Bertz CT molecular complexity index is 646. The average Bonchev–Trinajstić information content (AvgIpc) is 2.48. The summed E-state index contributed by atoms with van der Waals surface area (Å²) in [5.41, 5.74) is 2.86. The molecular formula is C17H21N3O2. The highest BCUT2D eigenvalue weighted by molar-refractivity contribution is 5.84. The summed E-state index contributed by atoms with van der Waals surface area (Å²) in [6.45, 7) is 6.51. The maximum atomic E-state index is 11.1. The highest BCUT2D eigenvalue weighted by Crippen LogP contribution is 2.30. The first-order chi connectivity index (χ1) is 10.4. The lowest BCUT2D eigenvalue weighted by Gasteiger charge is -2.23. The largest absolute Gasteiger partial charge is 0.453 e. The zero-order valence-corrected chi connectivity index (χ0v) is 13.3. The van der Waals surface area contributed by atoms with Gasteiger partial charge in [-0.25, -0.2) is 9.78 Å². The van der Waals surface area contributed by atoms with Crippen molar-refractivity contribution in [2.75, 3.05) is 17.7 Å². The molecule has 22 heavy (non-hydrogen) atoms. The quantitative estimate of drug-likeness (QED) is 0.887. The van der Waals surface area contributed by atoms with E-state index in [4.69, 9.17) is 0 Å². The van der Waals surface area contributed by atoms with Crippen LogP contribution in [0.5, 0.6) is 0 Å². The number of carbonyl (C=O) groups excluding carboxylic acids is 1. The number of nitrogens with one attached hydrogen (secondary N) is 2. The molecule has 0 fully saturated rings. The van der Waals surface area contributed by atoms with Crippen LogP contribution in [0.4, 0.5) is 22.0 Å². The molecule has 1 aromatic carbocycles. The van der Waals surface area contributed by atoms with Gasteiger partial charge in [0.25, 0.3) is 0 Å². The molecule has 2 rings (SSSR count). The van der Waals surface area contributed by atoms with Gasteiger partial charge in [0.1, 0.15) is 5.82 Å². The molecule has 0 aliphatic carbocycles. The van der Waals surface area contributed by atoms with E-state index in [-0.39, 0.29) is 5.41 Å². The second-order valence-corrected chi connectivity index (χ2v) is 5.97. The highest BCUT2D eigenvalue weighted by atomic mass is 16.5. The monoisotopic (exact) mass is 299 g/mol. The average molecular weight is 299 g/mol. The van der Waals surface area contributed by atoms with Gasteiger partial charge in [-0.05, 0) is 29.2 Å². The smallest absolute Gasteiger partial charge is 0.411 e. The van der Waals surface area contributed by atoms with E-state index in [1.807, 2.05) is 24.3 Å². The molecular weight excluding hydrogens is 278 g/mol. The summed E-state index contributed by atoms with van der Waals surface area (Å²) >= 11 is 0. The zero-order chi connectivity index (χ0) is 16.2. The maximum absolute atomic E-state index is 11.1. The fraction of sp³-hybridized carbons (Fsp3) is 0.294. The van der Waals surface area contributed by atoms with Crippen molar-refractivity contribution in [3.05, 3.63) is 48.2 Å². The Labute approximate surface area is 130 Å². The molecule has 0 saturated heterocycles. The van der Waals surface area contributed by atoms with E-state index in [9.17, 15) is 4.79 Å². The first-order valence-corrected chi connectivity index (χ1v) is 7.08. The number of pyridine rings is 1. The first kappa shape index (κ1) is 15.8. The van der Waals surface area contributed by atoms with Gasteiger partial charge in [0, 0.05) is 5.69 Å². The third kappa shape index (κ3) is 3.97. The van der Waals surface area contributed by atoms with Crippen LogP contribution in [0.25, 0.3) is 0 Å². The first-order valence-electron chi connectivity index (χ1n) is 7.08. The van der Waals surface area contributed by atoms with Gasteiger partial charge >= 0.3 is 6.09 Å². The second kappa shape index (κ2) is 6.47. The number of ether oxygens (including phenoxy) is 1. The molecule has 1 amide bonds. The molecule has 0 aliphatic heterocycles. The van der Waals surface area contributed by atoms with E-state index < -0.39 is 6.09 Å². The Kier molecular flexibility index (Phi) is 4.65. The number of methoxy groups -OCH3 is 1. The van der Waals surface area contributed by atoms with Gasteiger partial charge in [0.2, 0.25) is 0 Å². The van der Waals surface area contributed by atoms with Crippen LogP contribution in [-0.4, -0.2) is 18.2 Å². The molecule has 0 aliphatic rings. The van der Waals surface area contributed by atoms with E-state index in [1.165, 1.54) is 12.7 Å². The molecule has 0 atom stereocenters.